The van der Waals surface area contributed by atoms with Crippen molar-refractivity contribution in [1.82, 2.24) is 21.1 Å². The third kappa shape index (κ3) is 16.0. The van der Waals surface area contributed by atoms with E-state index in [4.69, 9.17) is 36.4 Å². The van der Waals surface area contributed by atoms with Crippen molar-refractivity contribution in [3.8, 4) is 0 Å². The Morgan fingerprint density at radius 2 is 1.50 bits per heavy atom. The second-order valence-corrected chi connectivity index (χ2v) is 12.0. The van der Waals surface area contributed by atoms with Crippen molar-refractivity contribution in [1.29, 1.82) is 0 Å². The molecule has 12 nitrogen and oxygen atoms in total. The molecule has 4 atom stereocenters. The van der Waals surface area contributed by atoms with E-state index in [1.54, 1.807) is 12.6 Å². The van der Waals surface area contributed by atoms with Crippen LogP contribution in [0.25, 0.3) is 0 Å². The van der Waals surface area contributed by atoms with Gasteiger partial charge >= 0.3 is 0 Å². The molecule has 1 aliphatic carbocycles. The van der Waals surface area contributed by atoms with Crippen LogP contribution in [0.15, 0.2) is 42.1 Å². The van der Waals surface area contributed by atoms with Gasteiger partial charge in [-0.3, -0.25) is 10.1 Å². The molecule has 1 aromatic rings. The zero-order chi connectivity index (χ0) is 37.3. The first kappa shape index (κ1) is 45.7. The van der Waals surface area contributed by atoms with Gasteiger partial charge in [0.05, 0.1) is 12.3 Å². The van der Waals surface area contributed by atoms with E-state index in [1.165, 1.54) is 31.4 Å². The summed E-state index contributed by atoms with van der Waals surface area (Å²) in [5, 5.41) is 55.9. The highest BCUT2D eigenvalue weighted by atomic mass is 19.3. The van der Waals surface area contributed by atoms with Crippen LogP contribution in [-0.2, 0) is 11.2 Å². The fourth-order valence-electron chi connectivity index (χ4n) is 5.69. The lowest BCUT2D eigenvalue weighted by molar-refractivity contribution is -0.444. The number of hydrazine groups is 1. The van der Waals surface area contributed by atoms with Gasteiger partial charge < -0.3 is 41.3 Å². The fourth-order valence-corrected chi connectivity index (χ4v) is 5.69. The predicted octanol–water partition coefficient (Wildman–Crippen LogP) is 2.84. The number of hydrogen-bond donors (Lipinski definition) is 10. The van der Waals surface area contributed by atoms with E-state index in [9.17, 15) is 13.6 Å². The SMILES string of the molecule is C/C=C1\CC(C)C(C)N1CCCc1ccccc1.CC.CC.CC1NNC(C(C(O)(O)O)C(O)(O)O)N1.NC(=O)C1CCC(F)(F)CC1. The predicted molar refractivity (Wildman–Crippen MR) is 182 cm³/mol. The number of nitrogens with two attached hydrogens (primary N) is 1. The lowest BCUT2D eigenvalue weighted by Gasteiger charge is -2.35. The summed E-state index contributed by atoms with van der Waals surface area (Å²) in [6, 6.07) is 11.5. The smallest absolute Gasteiger partial charge is 0.289 e. The number of primary amides is 1. The number of allylic oxidation sites excluding steroid dienone is 2. The summed E-state index contributed by atoms with van der Waals surface area (Å²) < 4.78 is 25.0. The van der Waals surface area contributed by atoms with Crippen LogP contribution in [0.5, 0.6) is 0 Å². The van der Waals surface area contributed by atoms with Gasteiger partial charge in [-0.1, -0.05) is 71.0 Å². The molecule has 0 radical (unpaired) electrons. The zero-order valence-electron chi connectivity index (χ0n) is 30.0. The Hall–Kier alpha value is -2.27. The van der Waals surface area contributed by atoms with Gasteiger partial charge in [-0.25, -0.2) is 19.6 Å². The number of aliphatic hydroxyl groups is 6. The highest BCUT2D eigenvalue weighted by Crippen LogP contribution is 2.36. The van der Waals surface area contributed by atoms with Gasteiger partial charge in [-0.15, -0.1) is 0 Å². The van der Waals surface area contributed by atoms with Crippen LogP contribution >= 0.6 is 0 Å². The number of alkyl halides is 2. The quantitative estimate of drug-likeness (QED) is 0.180. The number of halogens is 2. The molecule has 2 heterocycles. The third-order valence-electron chi connectivity index (χ3n) is 8.43. The molecule has 1 aromatic carbocycles. The van der Waals surface area contributed by atoms with Crippen molar-refractivity contribution in [3.05, 3.63) is 47.7 Å². The van der Waals surface area contributed by atoms with Crippen molar-refractivity contribution >= 4 is 5.91 Å². The molecule has 1 amide bonds. The molecular formula is C34H63F2N5O7. The molecule has 48 heavy (non-hydrogen) atoms. The average Bonchev–Trinajstić information content (AvgIpc) is 3.55. The zero-order valence-corrected chi connectivity index (χ0v) is 30.0. The molecule has 3 aliphatic rings. The summed E-state index contributed by atoms with van der Waals surface area (Å²) >= 11 is 0. The van der Waals surface area contributed by atoms with E-state index in [2.05, 4.69) is 78.2 Å². The molecule has 0 bridgehead atoms. The molecule has 1 saturated carbocycles. The molecule has 2 aliphatic heterocycles. The monoisotopic (exact) mass is 691 g/mol. The number of hydrogen-bond acceptors (Lipinski definition) is 11. The van der Waals surface area contributed by atoms with Crippen LogP contribution in [0.1, 0.15) is 99.5 Å². The van der Waals surface area contributed by atoms with Gasteiger partial charge in [0.2, 0.25) is 11.8 Å². The molecule has 3 fully saturated rings. The lowest BCUT2D eigenvalue weighted by Crippen LogP contribution is -2.62. The highest BCUT2D eigenvalue weighted by molar-refractivity contribution is 5.76. The van der Waals surface area contributed by atoms with Crippen LogP contribution in [0.3, 0.4) is 0 Å². The molecule has 280 valence electrons. The minimum Gasteiger partial charge on any atom is -0.372 e. The van der Waals surface area contributed by atoms with Gasteiger partial charge in [0.25, 0.3) is 11.9 Å². The summed E-state index contributed by atoms with van der Waals surface area (Å²) in [5.74, 6) is -11.6. The Morgan fingerprint density at radius 3 is 1.92 bits per heavy atom. The molecule has 0 aromatic heterocycles. The van der Waals surface area contributed by atoms with Crippen molar-refractivity contribution in [2.75, 3.05) is 6.54 Å². The first-order valence-electron chi connectivity index (χ1n) is 17.1. The van der Waals surface area contributed by atoms with Crippen LogP contribution < -0.4 is 21.9 Å². The normalized spacial score (nSPS) is 24.7. The second kappa shape index (κ2) is 21.7. The number of likely N-dealkylation sites (tertiary alicyclic amines) is 1. The van der Waals surface area contributed by atoms with E-state index < -0.39 is 35.9 Å². The number of amides is 1. The van der Waals surface area contributed by atoms with E-state index in [0.29, 0.717) is 6.04 Å². The van der Waals surface area contributed by atoms with Crippen LogP contribution in [0.4, 0.5) is 8.78 Å². The van der Waals surface area contributed by atoms with E-state index >= 15 is 0 Å². The maximum atomic E-state index is 12.5. The summed E-state index contributed by atoms with van der Waals surface area (Å²) in [6.07, 6.45) is 4.60. The van der Waals surface area contributed by atoms with Gasteiger partial charge in [-0.05, 0) is 64.4 Å². The molecule has 14 heteroatoms. The molecule has 11 N–H and O–H groups in total. The minimum atomic E-state index is -3.46. The topological polar surface area (TPSA) is 204 Å². The first-order chi connectivity index (χ1) is 22.4. The van der Waals surface area contributed by atoms with Gasteiger partial charge in [0.1, 0.15) is 0 Å². The number of nitrogens with zero attached hydrogens (tertiary/aromatic N) is 1. The Morgan fingerprint density at radius 1 is 0.979 bits per heavy atom. The standard InChI is InChI=1S/C17H25N.C7H11F2NO.C6H15N3O6.2C2H6/c1-4-17-13-14(2)15(3)18(17)12-8-11-16-9-6-5-7-10-16;8-7(9)3-1-5(2-4-7)6(10)11;1-2-7-4(9-8-2)3(5(10,11)12)6(13,14)15;2*1-2/h4-7,9-10,14-15H,8,11-13H2,1-3H3;5H,1-4H2,(H2,10,11);2-4,7-15H,1H3;2*1-2H3/b17-4+;;;;. The number of aryl methyl sites for hydroxylation is 1. The van der Waals surface area contributed by atoms with Crippen molar-refractivity contribution < 1.29 is 44.2 Å². The Balaban J connectivity index is 0.000000671. The largest absolute Gasteiger partial charge is 0.372 e. The van der Waals surface area contributed by atoms with Gasteiger partial charge in [-0.2, -0.15) is 0 Å². The Kier molecular flexibility index (Phi) is 20.7. The van der Waals surface area contributed by atoms with E-state index in [1.807, 2.05) is 27.7 Å². The summed E-state index contributed by atoms with van der Waals surface area (Å²) in [6.45, 7) is 17.7. The van der Waals surface area contributed by atoms with Crippen molar-refractivity contribution in [2.45, 2.75) is 137 Å². The number of carbonyl (C=O) groups is 1. The Bertz CT molecular complexity index is 1030. The highest BCUT2D eigenvalue weighted by Gasteiger charge is 2.53. The molecule has 4 unspecified atom stereocenters. The van der Waals surface area contributed by atoms with E-state index in [0.717, 1.165) is 5.92 Å². The second-order valence-electron chi connectivity index (χ2n) is 12.0. The maximum Gasteiger partial charge on any atom is 0.289 e. The average molecular weight is 692 g/mol. The van der Waals surface area contributed by atoms with Gasteiger partial charge in [0, 0.05) is 37.0 Å². The van der Waals surface area contributed by atoms with E-state index in [-0.39, 0.29) is 37.8 Å². The summed E-state index contributed by atoms with van der Waals surface area (Å²) in [7, 11) is 0. The third-order valence-corrected chi connectivity index (χ3v) is 8.43. The summed E-state index contributed by atoms with van der Waals surface area (Å²) in [4.78, 5) is 13.1. The molecular weight excluding hydrogens is 628 g/mol. The minimum absolute atomic E-state index is 0.194. The molecule has 4 rings (SSSR count). The summed E-state index contributed by atoms with van der Waals surface area (Å²) in [5.41, 5.74) is 12.9. The number of carbonyl (C=O) groups excluding carboxylic acids is 1. The fraction of sp³-hybridized carbons (Fsp3) is 0.735. The van der Waals surface area contributed by atoms with Crippen LogP contribution in [-0.4, -0.2) is 84.2 Å². The van der Waals surface area contributed by atoms with Crippen LogP contribution in [0, 0.1) is 17.8 Å². The molecule has 0 spiro atoms. The lowest BCUT2D eigenvalue weighted by atomic mass is 9.86. The van der Waals surface area contributed by atoms with Crippen molar-refractivity contribution in [3.63, 3.8) is 0 Å². The van der Waals surface area contributed by atoms with Gasteiger partial charge in [0.15, 0.2) is 5.92 Å². The van der Waals surface area contributed by atoms with Crippen LogP contribution in [0.2, 0.25) is 0 Å². The number of rotatable bonds is 8. The van der Waals surface area contributed by atoms with Crippen molar-refractivity contribution in [2.24, 2.45) is 23.5 Å². The maximum absolute atomic E-state index is 12.5. The number of nitrogens with one attached hydrogen (secondary N) is 3. The number of benzene rings is 1. The Labute approximate surface area is 285 Å². The first-order valence-corrected chi connectivity index (χ1v) is 17.1. The molecule has 2 saturated heterocycles.